The molecule has 0 saturated heterocycles. The van der Waals surface area contributed by atoms with Gasteiger partial charge in [0.1, 0.15) is 11.6 Å². The zero-order valence-electron chi connectivity index (χ0n) is 11.2. The van der Waals surface area contributed by atoms with Gasteiger partial charge in [0, 0.05) is 35.3 Å². The molecule has 1 aromatic heterocycles. The zero-order chi connectivity index (χ0) is 13.8. The molecule has 1 N–H and O–H groups in total. The minimum Gasteiger partial charge on any atom is -0.497 e. The topological polar surface area (TPSA) is 34.1 Å². The highest BCUT2D eigenvalue weighted by Crippen LogP contribution is 2.22. The van der Waals surface area contributed by atoms with Crippen molar-refractivity contribution in [3.8, 4) is 5.75 Å². The number of aryl methyl sites for hydroxylation is 1. The summed E-state index contributed by atoms with van der Waals surface area (Å²) < 4.78 is 18.9. The molecule has 102 valence electrons. The van der Waals surface area contributed by atoms with Gasteiger partial charge in [-0.05, 0) is 19.9 Å². The summed E-state index contributed by atoms with van der Waals surface area (Å²) in [6.07, 6.45) is 1.85. The Morgan fingerprint density at radius 1 is 1.47 bits per heavy atom. The van der Waals surface area contributed by atoms with Crippen LogP contribution in [0.1, 0.15) is 28.4 Å². The van der Waals surface area contributed by atoms with Crippen molar-refractivity contribution in [1.29, 1.82) is 0 Å². The van der Waals surface area contributed by atoms with E-state index in [2.05, 4.69) is 10.3 Å². The van der Waals surface area contributed by atoms with E-state index in [1.54, 1.807) is 23.5 Å². The number of nitrogens with zero attached hydrogens (tertiary/aromatic N) is 1. The molecular formula is C14H17FN2OS. The van der Waals surface area contributed by atoms with Crippen LogP contribution in [0.2, 0.25) is 0 Å². The lowest BCUT2D eigenvalue weighted by Crippen LogP contribution is -2.18. The number of ether oxygens (including phenoxy) is 1. The van der Waals surface area contributed by atoms with Crippen molar-refractivity contribution < 1.29 is 9.13 Å². The maximum absolute atomic E-state index is 13.9. The summed E-state index contributed by atoms with van der Waals surface area (Å²) in [6, 6.07) is 4.87. The van der Waals surface area contributed by atoms with E-state index in [4.69, 9.17) is 4.74 Å². The minimum absolute atomic E-state index is 0.0617. The third-order valence-corrected chi connectivity index (χ3v) is 3.84. The summed E-state index contributed by atoms with van der Waals surface area (Å²) >= 11 is 1.65. The Hall–Kier alpha value is -1.46. The van der Waals surface area contributed by atoms with Gasteiger partial charge in [-0.25, -0.2) is 9.37 Å². The van der Waals surface area contributed by atoms with Crippen molar-refractivity contribution in [3.05, 3.63) is 45.7 Å². The van der Waals surface area contributed by atoms with Crippen molar-refractivity contribution in [2.45, 2.75) is 26.4 Å². The standard InChI is InChI=1S/C14H17FN2OS/c1-9(16-7-12-8-17-10(2)19-12)13-5-4-11(18-3)6-14(13)15/h4-6,8-9,16H,7H2,1-3H3. The lowest BCUT2D eigenvalue weighted by Gasteiger charge is -2.15. The SMILES string of the molecule is COc1ccc(C(C)NCc2cnc(C)s2)c(F)c1. The van der Waals surface area contributed by atoms with Crippen LogP contribution in [0.15, 0.2) is 24.4 Å². The van der Waals surface area contributed by atoms with E-state index in [1.807, 2.05) is 20.0 Å². The number of halogens is 1. The molecule has 3 nitrogen and oxygen atoms in total. The molecule has 0 saturated carbocycles. The minimum atomic E-state index is -0.250. The van der Waals surface area contributed by atoms with E-state index in [0.29, 0.717) is 17.9 Å². The molecule has 0 aliphatic rings. The summed E-state index contributed by atoms with van der Waals surface area (Å²) in [4.78, 5) is 5.35. The lowest BCUT2D eigenvalue weighted by atomic mass is 10.1. The highest BCUT2D eigenvalue weighted by molar-refractivity contribution is 7.11. The van der Waals surface area contributed by atoms with Crippen molar-refractivity contribution in [3.63, 3.8) is 0 Å². The molecule has 0 amide bonds. The number of aromatic nitrogens is 1. The van der Waals surface area contributed by atoms with E-state index in [1.165, 1.54) is 13.2 Å². The van der Waals surface area contributed by atoms with Crippen molar-refractivity contribution in [2.24, 2.45) is 0 Å². The van der Waals surface area contributed by atoms with E-state index < -0.39 is 0 Å². The summed E-state index contributed by atoms with van der Waals surface area (Å²) in [6.45, 7) is 4.61. The van der Waals surface area contributed by atoms with Crippen LogP contribution in [-0.4, -0.2) is 12.1 Å². The molecule has 0 spiro atoms. The predicted molar refractivity (Wildman–Crippen MR) is 75.1 cm³/mol. The monoisotopic (exact) mass is 280 g/mol. The van der Waals surface area contributed by atoms with Crippen LogP contribution in [0.4, 0.5) is 4.39 Å². The molecular weight excluding hydrogens is 263 g/mol. The smallest absolute Gasteiger partial charge is 0.131 e. The third-order valence-electron chi connectivity index (χ3n) is 2.93. The Morgan fingerprint density at radius 3 is 2.84 bits per heavy atom. The molecule has 0 fully saturated rings. The van der Waals surface area contributed by atoms with E-state index >= 15 is 0 Å². The number of benzene rings is 1. The lowest BCUT2D eigenvalue weighted by molar-refractivity contribution is 0.409. The number of nitrogens with one attached hydrogen (secondary N) is 1. The zero-order valence-corrected chi connectivity index (χ0v) is 12.1. The predicted octanol–water partition coefficient (Wildman–Crippen LogP) is 3.45. The van der Waals surface area contributed by atoms with Gasteiger partial charge in [-0.1, -0.05) is 6.07 Å². The molecule has 19 heavy (non-hydrogen) atoms. The first kappa shape index (κ1) is 14.0. The fourth-order valence-corrected chi connectivity index (χ4v) is 2.58. The van der Waals surface area contributed by atoms with Crippen LogP contribution in [0, 0.1) is 12.7 Å². The molecule has 2 rings (SSSR count). The number of thiazole rings is 1. The van der Waals surface area contributed by atoms with Crippen LogP contribution in [0.5, 0.6) is 5.75 Å². The van der Waals surface area contributed by atoms with Gasteiger partial charge in [-0.3, -0.25) is 0 Å². The van der Waals surface area contributed by atoms with Crippen LogP contribution in [0.3, 0.4) is 0 Å². The second-order valence-corrected chi connectivity index (χ2v) is 5.65. The van der Waals surface area contributed by atoms with Gasteiger partial charge in [0.05, 0.1) is 12.1 Å². The van der Waals surface area contributed by atoms with Gasteiger partial charge in [-0.15, -0.1) is 11.3 Å². The number of hydrogen-bond donors (Lipinski definition) is 1. The first-order valence-corrected chi connectivity index (χ1v) is 6.90. The molecule has 0 aliphatic heterocycles. The van der Waals surface area contributed by atoms with Crippen molar-refractivity contribution >= 4 is 11.3 Å². The molecule has 1 unspecified atom stereocenters. The maximum atomic E-state index is 13.9. The number of methoxy groups -OCH3 is 1. The van der Waals surface area contributed by atoms with Crippen LogP contribution in [0.25, 0.3) is 0 Å². The van der Waals surface area contributed by atoms with Gasteiger partial charge in [0.15, 0.2) is 0 Å². The highest BCUT2D eigenvalue weighted by atomic mass is 32.1. The Bertz CT molecular complexity index is 556. The highest BCUT2D eigenvalue weighted by Gasteiger charge is 2.11. The number of hydrogen-bond acceptors (Lipinski definition) is 4. The van der Waals surface area contributed by atoms with Crippen LogP contribution in [-0.2, 0) is 6.54 Å². The molecule has 1 aromatic carbocycles. The molecule has 0 bridgehead atoms. The van der Waals surface area contributed by atoms with Gasteiger partial charge in [-0.2, -0.15) is 0 Å². The second kappa shape index (κ2) is 6.12. The van der Waals surface area contributed by atoms with Gasteiger partial charge < -0.3 is 10.1 Å². The molecule has 2 aromatic rings. The molecule has 1 heterocycles. The average molecular weight is 280 g/mol. The van der Waals surface area contributed by atoms with E-state index in [0.717, 1.165) is 9.88 Å². The average Bonchev–Trinajstić information content (AvgIpc) is 2.81. The molecule has 0 radical (unpaired) electrons. The quantitative estimate of drug-likeness (QED) is 0.911. The Balaban J connectivity index is 2.01. The normalized spacial score (nSPS) is 12.4. The summed E-state index contributed by atoms with van der Waals surface area (Å²) in [5.41, 5.74) is 0.641. The molecule has 1 atom stereocenters. The van der Waals surface area contributed by atoms with Crippen LogP contribution < -0.4 is 10.1 Å². The van der Waals surface area contributed by atoms with E-state index in [-0.39, 0.29) is 11.9 Å². The Morgan fingerprint density at radius 2 is 2.26 bits per heavy atom. The van der Waals surface area contributed by atoms with Gasteiger partial charge in [0.25, 0.3) is 0 Å². The fraction of sp³-hybridized carbons (Fsp3) is 0.357. The van der Waals surface area contributed by atoms with Gasteiger partial charge >= 0.3 is 0 Å². The molecule has 5 heteroatoms. The van der Waals surface area contributed by atoms with Crippen molar-refractivity contribution in [2.75, 3.05) is 7.11 Å². The largest absolute Gasteiger partial charge is 0.497 e. The van der Waals surface area contributed by atoms with Gasteiger partial charge in [0.2, 0.25) is 0 Å². The number of rotatable bonds is 5. The summed E-state index contributed by atoms with van der Waals surface area (Å²) in [5, 5.41) is 4.34. The van der Waals surface area contributed by atoms with E-state index in [9.17, 15) is 4.39 Å². The first-order chi connectivity index (χ1) is 9.10. The molecule has 0 aliphatic carbocycles. The first-order valence-electron chi connectivity index (χ1n) is 6.08. The van der Waals surface area contributed by atoms with Crippen molar-refractivity contribution in [1.82, 2.24) is 10.3 Å². The fourth-order valence-electron chi connectivity index (χ4n) is 1.84. The summed E-state index contributed by atoms with van der Waals surface area (Å²) in [7, 11) is 1.53. The third kappa shape index (κ3) is 3.52. The maximum Gasteiger partial charge on any atom is 0.131 e. The van der Waals surface area contributed by atoms with Crippen LogP contribution >= 0.6 is 11.3 Å². The Labute approximate surface area is 116 Å². The Kier molecular flexibility index (Phi) is 4.50. The summed E-state index contributed by atoms with van der Waals surface area (Å²) in [5.74, 6) is 0.284. The second-order valence-electron chi connectivity index (χ2n) is 4.34.